The van der Waals surface area contributed by atoms with Crippen LogP contribution < -0.4 is 0 Å². The van der Waals surface area contributed by atoms with Crippen molar-refractivity contribution in [3.05, 3.63) is 182 Å². The molecule has 13 aromatic rings. The van der Waals surface area contributed by atoms with Crippen molar-refractivity contribution in [1.29, 1.82) is 0 Å². The first kappa shape index (κ1) is 52.6. The van der Waals surface area contributed by atoms with Crippen LogP contribution in [0, 0.1) is 0 Å². The molecule has 0 bridgehead atoms. The van der Waals surface area contributed by atoms with Gasteiger partial charge in [0, 0.05) is 0 Å². The number of fused-ring (bicyclic) bond motifs is 5. The Kier molecular flexibility index (Phi) is 21.0. The van der Waals surface area contributed by atoms with Gasteiger partial charge in [-0.2, -0.15) is 0 Å². The van der Waals surface area contributed by atoms with Crippen molar-refractivity contribution in [2.45, 2.75) is 78.1 Å². The average molecular weight is 1380 g/mol. The molecule has 10 heteroatoms. The number of benzene rings is 3. The molecule has 70 heavy (non-hydrogen) atoms. The first-order chi connectivity index (χ1) is 34.6. The summed E-state index contributed by atoms with van der Waals surface area (Å²) < 4.78 is 12.5. The van der Waals surface area contributed by atoms with Gasteiger partial charge >= 0.3 is 472 Å². The van der Waals surface area contributed by atoms with Gasteiger partial charge in [0.2, 0.25) is 0 Å². The van der Waals surface area contributed by atoms with Gasteiger partial charge in [-0.3, -0.25) is 0 Å². The van der Waals surface area contributed by atoms with Gasteiger partial charge in [-0.1, -0.05) is 0 Å². The van der Waals surface area contributed by atoms with Crippen molar-refractivity contribution in [3.8, 4) is 30.4 Å². The number of unbranched alkanes of at least 4 members (excludes halogenated alkanes) is 6. The molecule has 3 aromatic carbocycles. The zero-order valence-electron chi connectivity index (χ0n) is 39.5. The van der Waals surface area contributed by atoms with Crippen molar-refractivity contribution in [3.63, 3.8) is 0 Å². The van der Waals surface area contributed by atoms with Gasteiger partial charge in [0.05, 0.1) is 0 Å². The minimum atomic E-state index is 0.524. The maximum atomic E-state index is 2.43. The summed E-state index contributed by atoms with van der Waals surface area (Å²) in [6.07, 6.45) is 13.7. The van der Waals surface area contributed by atoms with E-state index in [0.717, 1.165) is 0 Å². The predicted octanol–water partition coefficient (Wildman–Crippen LogP) is 18.0. The molecule has 0 N–H and O–H groups in total. The summed E-state index contributed by atoms with van der Waals surface area (Å²) in [4.78, 5) is 17.3. The van der Waals surface area contributed by atoms with Crippen LogP contribution >= 0.6 is 45.3 Å². The molecule has 0 amide bonds. The van der Waals surface area contributed by atoms with Gasteiger partial charge in [0.15, 0.2) is 0 Å². The fourth-order valence-electron chi connectivity index (χ4n) is 7.91. The van der Waals surface area contributed by atoms with E-state index in [1.54, 1.807) is 22.1 Å². The van der Waals surface area contributed by atoms with E-state index in [-0.39, 0.29) is 0 Å². The van der Waals surface area contributed by atoms with E-state index in [0.29, 0.717) is 87.0 Å². The van der Waals surface area contributed by atoms with E-state index in [2.05, 4.69) is 186 Å². The van der Waals surface area contributed by atoms with E-state index in [9.17, 15) is 0 Å². The molecule has 0 spiro atoms. The Labute approximate surface area is 466 Å². The fourth-order valence-corrected chi connectivity index (χ4v) is 26.1. The second kappa shape index (κ2) is 27.9. The molecule has 0 saturated heterocycles. The van der Waals surface area contributed by atoms with E-state index >= 15 is 0 Å². The number of hydrogen-bond acceptors (Lipinski definition) is 4. The molecule has 356 valence electrons. The fraction of sp³-hybridized carbons (Fsp3) is 0.200. The molecule has 0 atom stereocenters. The van der Waals surface area contributed by atoms with Gasteiger partial charge in [0.25, 0.3) is 0 Å². The summed E-state index contributed by atoms with van der Waals surface area (Å²) in [7, 11) is 0. The standard InChI is InChI=1S/2C12H8SSe.2C12H16SSe.C12H8Se2/c1-2-4-9(5-3-1)11-6-10-7-14-8-12(10)13-11;1-2-4-9(5-3-1)11-6-10-7-13-8-12(10)14-11;1-2-3-4-5-6-11-7-10-8-14-9-12(10)13-11;1-2-3-4-5-6-11-7-10-8-13-9-12(10)14-11;1-2-4-9(5-3-1)11-6-10-7-13-8-12(10)14-11/h2*1-8H;2*7-9H,2-6H2,1H3;1-8H. The van der Waals surface area contributed by atoms with Crippen LogP contribution in [-0.4, -0.2) is 87.0 Å². The topological polar surface area (TPSA) is 0 Å². The number of thiophene rings is 4. The van der Waals surface area contributed by atoms with Crippen molar-refractivity contribution in [2.24, 2.45) is 0 Å². The summed E-state index contributed by atoms with van der Waals surface area (Å²) in [6.45, 7) is 4.54. The molecule has 0 radical (unpaired) electrons. The van der Waals surface area contributed by atoms with Crippen molar-refractivity contribution >= 4 is 181 Å². The first-order valence-corrected chi connectivity index (χ1v) is 38.6. The molecule has 10 heterocycles. The van der Waals surface area contributed by atoms with Gasteiger partial charge in [0.1, 0.15) is 0 Å². The molecule has 0 saturated carbocycles. The Morgan fingerprint density at radius 3 is 1.47 bits per heavy atom. The van der Waals surface area contributed by atoms with E-state index in [4.69, 9.17) is 0 Å². The summed E-state index contributed by atoms with van der Waals surface area (Å²) in [6, 6.07) is 43.9. The zero-order valence-corrected chi connectivity index (χ0v) is 53.0. The number of rotatable bonds is 13. The second-order valence-electron chi connectivity index (χ2n) is 16.9. The number of aryl methyl sites for hydroxylation is 2. The van der Waals surface area contributed by atoms with Crippen molar-refractivity contribution in [1.82, 2.24) is 0 Å². The maximum absolute atomic E-state index is 2.43. The summed E-state index contributed by atoms with van der Waals surface area (Å²) in [5.74, 6) is 0. The Morgan fingerprint density at radius 1 is 0.386 bits per heavy atom. The molecule has 0 unspecified atom stereocenters. The summed E-state index contributed by atoms with van der Waals surface area (Å²) in [5.41, 5.74) is 4.12. The Bertz CT molecular complexity index is 3020. The molecule has 0 aliphatic heterocycles. The quantitative estimate of drug-likeness (QED) is 0.0797. The normalized spacial score (nSPS) is 11.0. The molecule has 0 aliphatic carbocycles. The molecule has 13 rings (SSSR count). The van der Waals surface area contributed by atoms with Crippen LogP contribution in [0.5, 0.6) is 0 Å². The van der Waals surface area contributed by atoms with Crippen LogP contribution in [0.15, 0.2) is 172 Å². The minimum absolute atomic E-state index is 0.524. The molecular weight excluding hydrogens is 1320 g/mol. The SMILES string of the molecule is CCCCCCc1cc2c[se]cc2s1.CCCCCCc1cc2cscc2[se]1.c1ccc(-c2cc3c[se]cc3[se]2)cc1.c1ccc(-c2cc3c[se]cc3s2)cc1.c1ccc(-c2cc3cscc3[se]2)cc1. The van der Waals surface area contributed by atoms with Gasteiger partial charge in [-0.15, -0.1) is 0 Å². The summed E-state index contributed by atoms with van der Waals surface area (Å²) in [5, 5.41) is 16.5. The van der Waals surface area contributed by atoms with Gasteiger partial charge < -0.3 is 0 Å². The molecule has 0 aliphatic rings. The van der Waals surface area contributed by atoms with E-state index in [1.165, 1.54) is 131 Å². The third kappa shape index (κ3) is 15.0. The van der Waals surface area contributed by atoms with Crippen molar-refractivity contribution in [2.75, 3.05) is 0 Å². The van der Waals surface area contributed by atoms with Crippen LogP contribution in [0.4, 0.5) is 0 Å². The molecule has 0 nitrogen and oxygen atoms in total. The van der Waals surface area contributed by atoms with Crippen LogP contribution in [-0.2, 0) is 12.8 Å². The zero-order chi connectivity index (χ0) is 47.7. The van der Waals surface area contributed by atoms with Crippen molar-refractivity contribution < 1.29 is 0 Å². The van der Waals surface area contributed by atoms with E-state index < -0.39 is 0 Å². The van der Waals surface area contributed by atoms with Crippen LogP contribution in [0.25, 0.3) is 79.6 Å². The number of hydrogen-bond donors (Lipinski definition) is 0. The molecule has 0 fully saturated rings. The summed E-state index contributed by atoms with van der Waals surface area (Å²) >= 11 is 11.2. The third-order valence-corrected chi connectivity index (χ3v) is 29.6. The predicted molar refractivity (Wildman–Crippen MR) is 325 cm³/mol. The molecular formula is C60H56S4Se6. The van der Waals surface area contributed by atoms with Gasteiger partial charge in [-0.05, 0) is 0 Å². The van der Waals surface area contributed by atoms with Crippen LogP contribution in [0.1, 0.15) is 74.5 Å². The first-order valence-electron chi connectivity index (χ1n) is 24.0. The molecule has 10 aromatic heterocycles. The monoisotopic (exact) mass is 1380 g/mol. The third-order valence-electron chi connectivity index (χ3n) is 11.6. The Hall–Kier alpha value is -2.24. The Balaban J connectivity index is 0.000000109. The van der Waals surface area contributed by atoms with E-state index in [1.807, 2.05) is 45.3 Å². The second-order valence-corrected chi connectivity index (χ2v) is 32.4. The Morgan fingerprint density at radius 2 is 0.900 bits per heavy atom. The van der Waals surface area contributed by atoms with Crippen LogP contribution in [0.3, 0.4) is 0 Å². The van der Waals surface area contributed by atoms with Gasteiger partial charge in [-0.25, -0.2) is 0 Å². The van der Waals surface area contributed by atoms with Crippen LogP contribution in [0.2, 0.25) is 0 Å². The average Bonchev–Trinajstić information content (AvgIpc) is 4.22.